The summed E-state index contributed by atoms with van der Waals surface area (Å²) in [6.07, 6.45) is 5.72. The smallest absolute Gasteiger partial charge is 0.254 e. The van der Waals surface area contributed by atoms with Gasteiger partial charge in [-0.3, -0.25) is 9.89 Å². The maximum atomic E-state index is 13.6. The van der Waals surface area contributed by atoms with Crippen molar-refractivity contribution < 1.29 is 13.6 Å². The van der Waals surface area contributed by atoms with Crippen LogP contribution in [0.15, 0.2) is 24.3 Å². The number of hydrogen-bond donors (Lipinski definition) is 2. The molecule has 2 fully saturated rings. The van der Waals surface area contributed by atoms with Crippen molar-refractivity contribution >= 4 is 11.6 Å². The van der Waals surface area contributed by atoms with Crippen molar-refractivity contribution in [2.75, 3.05) is 5.32 Å². The molecular formula is C21H23F2N3O. The van der Waals surface area contributed by atoms with Crippen molar-refractivity contribution in [1.82, 2.24) is 10.2 Å². The quantitative estimate of drug-likeness (QED) is 0.830. The highest BCUT2D eigenvalue weighted by molar-refractivity contribution is 5.93. The molecule has 0 saturated heterocycles. The van der Waals surface area contributed by atoms with Crippen LogP contribution in [0, 0.1) is 17.8 Å². The van der Waals surface area contributed by atoms with Crippen LogP contribution in [0.4, 0.5) is 14.5 Å². The first kappa shape index (κ1) is 16.9. The van der Waals surface area contributed by atoms with Gasteiger partial charge < -0.3 is 5.32 Å². The number of carbonyl (C=O) groups excluding carboxylic acids is 1. The Bertz CT molecular complexity index is 891. The number of halogens is 2. The van der Waals surface area contributed by atoms with Crippen LogP contribution in [0.1, 0.15) is 43.4 Å². The van der Waals surface area contributed by atoms with Crippen molar-refractivity contribution in [3.8, 4) is 11.3 Å². The van der Waals surface area contributed by atoms with E-state index in [0.717, 1.165) is 24.1 Å². The Kier molecular flexibility index (Phi) is 3.85. The Hall–Kier alpha value is -2.24. The van der Waals surface area contributed by atoms with Gasteiger partial charge in [-0.05, 0) is 57.1 Å². The SMILES string of the molecule is O=C(Nc1cccc(-c2n[nH]c3c2CCCC3)c1)C1CCC2C(C1)C2(F)F. The third kappa shape index (κ3) is 2.86. The second kappa shape index (κ2) is 6.14. The van der Waals surface area contributed by atoms with Gasteiger partial charge in [0.1, 0.15) is 0 Å². The van der Waals surface area contributed by atoms with Gasteiger partial charge in [-0.2, -0.15) is 5.10 Å². The molecule has 6 heteroatoms. The summed E-state index contributed by atoms with van der Waals surface area (Å²) in [7, 11) is 0. The number of carbonyl (C=O) groups is 1. The van der Waals surface area contributed by atoms with Gasteiger partial charge in [0.05, 0.1) is 5.69 Å². The molecule has 27 heavy (non-hydrogen) atoms. The van der Waals surface area contributed by atoms with Gasteiger partial charge in [0.15, 0.2) is 0 Å². The monoisotopic (exact) mass is 371 g/mol. The van der Waals surface area contributed by atoms with Crippen molar-refractivity contribution in [2.24, 2.45) is 17.8 Å². The van der Waals surface area contributed by atoms with Gasteiger partial charge >= 0.3 is 0 Å². The summed E-state index contributed by atoms with van der Waals surface area (Å²) in [5, 5.41) is 10.6. The van der Waals surface area contributed by atoms with Crippen molar-refractivity contribution in [2.45, 2.75) is 50.9 Å². The zero-order valence-corrected chi connectivity index (χ0v) is 15.1. The molecule has 1 amide bonds. The molecule has 0 aliphatic heterocycles. The highest BCUT2D eigenvalue weighted by Crippen LogP contribution is 2.63. The number of rotatable bonds is 3. The number of alkyl halides is 2. The Morgan fingerprint density at radius 3 is 2.89 bits per heavy atom. The average Bonchev–Trinajstić information content (AvgIpc) is 3.03. The number of aryl methyl sites for hydroxylation is 1. The molecule has 1 heterocycles. The van der Waals surface area contributed by atoms with Crippen LogP contribution in [0.2, 0.25) is 0 Å². The second-order valence-corrected chi connectivity index (χ2v) is 8.20. The Morgan fingerprint density at radius 2 is 2.04 bits per heavy atom. The molecule has 1 aromatic carbocycles. The number of aromatic nitrogens is 2. The van der Waals surface area contributed by atoms with E-state index in [2.05, 4.69) is 15.5 Å². The van der Waals surface area contributed by atoms with E-state index in [9.17, 15) is 13.6 Å². The molecule has 2 aromatic rings. The number of fused-ring (bicyclic) bond motifs is 2. The summed E-state index contributed by atoms with van der Waals surface area (Å²) in [6.45, 7) is 0. The predicted octanol–water partition coefficient (Wildman–Crippen LogP) is 4.58. The van der Waals surface area contributed by atoms with Crippen molar-refractivity contribution in [3.05, 3.63) is 35.5 Å². The van der Waals surface area contributed by atoms with Crippen LogP contribution in [0.25, 0.3) is 11.3 Å². The lowest BCUT2D eigenvalue weighted by Crippen LogP contribution is -2.25. The van der Waals surface area contributed by atoms with Gasteiger partial charge in [-0.25, -0.2) is 8.78 Å². The summed E-state index contributed by atoms with van der Waals surface area (Å²) in [5.74, 6) is -4.09. The highest BCUT2D eigenvalue weighted by atomic mass is 19.3. The first-order valence-electron chi connectivity index (χ1n) is 9.89. The molecule has 3 aliphatic rings. The molecule has 0 bridgehead atoms. The van der Waals surface area contributed by atoms with Crippen LogP contribution in [0.5, 0.6) is 0 Å². The Labute approximate surface area is 156 Å². The number of aromatic amines is 1. The molecular weight excluding hydrogens is 348 g/mol. The normalized spacial score (nSPS) is 28.1. The van der Waals surface area contributed by atoms with Gasteiger partial charge in [-0.1, -0.05) is 12.1 Å². The number of nitrogens with one attached hydrogen (secondary N) is 2. The van der Waals surface area contributed by atoms with Gasteiger partial charge in [0.2, 0.25) is 5.91 Å². The van der Waals surface area contributed by atoms with E-state index in [1.165, 1.54) is 24.1 Å². The first-order valence-corrected chi connectivity index (χ1v) is 9.89. The largest absolute Gasteiger partial charge is 0.326 e. The lowest BCUT2D eigenvalue weighted by Gasteiger charge is -2.19. The fourth-order valence-corrected chi connectivity index (χ4v) is 4.93. The standard InChI is InChI=1S/C21H23F2N3O/c22-21(23)16-9-8-13(11-17(16)21)20(27)24-14-5-3-4-12(10-14)19-15-6-1-2-7-18(15)25-26-19/h3-5,10,13,16-17H,1-2,6-9,11H2,(H,24,27)(H,25,26). The van der Waals surface area contributed by atoms with E-state index in [1.807, 2.05) is 24.3 Å². The minimum Gasteiger partial charge on any atom is -0.326 e. The number of hydrogen-bond acceptors (Lipinski definition) is 2. The van der Waals surface area contributed by atoms with Crippen LogP contribution in [-0.2, 0) is 17.6 Å². The van der Waals surface area contributed by atoms with Crippen LogP contribution in [-0.4, -0.2) is 22.0 Å². The van der Waals surface area contributed by atoms with Gasteiger partial charge in [0, 0.05) is 40.3 Å². The Morgan fingerprint density at radius 1 is 1.19 bits per heavy atom. The number of amides is 1. The minimum atomic E-state index is -2.55. The van der Waals surface area contributed by atoms with Crippen molar-refractivity contribution in [1.29, 1.82) is 0 Å². The van der Waals surface area contributed by atoms with Crippen molar-refractivity contribution in [3.63, 3.8) is 0 Å². The predicted molar refractivity (Wildman–Crippen MR) is 98.6 cm³/mol. The van der Waals surface area contributed by atoms with E-state index in [-0.39, 0.29) is 11.8 Å². The summed E-state index contributed by atoms with van der Waals surface area (Å²) in [4.78, 5) is 12.6. The van der Waals surface area contributed by atoms with Gasteiger partial charge in [0.25, 0.3) is 5.92 Å². The van der Waals surface area contributed by atoms with E-state index in [1.54, 1.807) is 0 Å². The number of benzene rings is 1. The topological polar surface area (TPSA) is 57.8 Å². The maximum Gasteiger partial charge on any atom is 0.254 e. The molecule has 142 valence electrons. The molecule has 0 spiro atoms. The van der Waals surface area contributed by atoms with Gasteiger partial charge in [-0.15, -0.1) is 0 Å². The van der Waals surface area contributed by atoms with Crippen LogP contribution in [0.3, 0.4) is 0 Å². The molecule has 4 nitrogen and oxygen atoms in total. The molecule has 2 saturated carbocycles. The molecule has 3 atom stereocenters. The third-order valence-electron chi connectivity index (χ3n) is 6.56. The van der Waals surface area contributed by atoms with E-state index in [4.69, 9.17) is 0 Å². The van der Waals surface area contributed by atoms with Crippen LogP contribution < -0.4 is 5.32 Å². The molecule has 5 rings (SSSR count). The lowest BCUT2D eigenvalue weighted by molar-refractivity contribution is -0.120. The zero-order chi connectivity index (χ0) is 18.6. The Balaban J connectivity index is 1.31. The second-order valence-electron chi connectivity index (χ2n) is 8.20. The zero-order valence-electron chi connectivity index (χ0n) is 15.1. The molecule has 3 unspecified atom stereocenters. The third-order valence-corrected chi connectivity index (χ3v) is 6.56. The summed E-state index contributed by atoms with van der Waals surface area (Å²) in [6, 6.07) is 7.68. The number of nitrogens with zero attached hydrogens (tertiary/aromatic N) is 1. The minimum absolute atomic E-state index is 0.141. The summed E-state index contributed by atoms with van der Waals surface area (Å²) >= 11 is 0. The molecule has 2 N–H and O–H groups in total. The number of anilines is 1. The molecule has 0 radical (unpaired) electrons. The lowest BCUT2D eigenvalue weighted by atomic mass is 9.88. The van der Waals surface area contributed by atoms with Crippen LogP contribution >= 0.6 is 0 Å². The van der Waals surface area contributed by atoms with E-state index in [0.29, 0.717) is 24.9 Å². The average molecular weight is 371 g/mol. The maximum absolute atomic E-state index is 13.6. The fraction of sp³-hybridized carbons (Fsp3) is 0.524. The van der Waals surface area contributed by atoms with E-state index < -0.39 is 17.8 Å². The molecule has 1 aromatic heterocycles. The fourth-order valence-electron chi connectivity index (χ4n) is 4.93. The first-order chi connectivity index (χ1) is 13.0. The van der Waals surface area contributed by atoms with E-state index >= 15 is 0 Å². The summed E-state index contributed by atoms with van der Waals surface area (Å²) in [5.41, 5.74) is 5.13. The summed E-state index contributed by atoms with van der Waals surface area (Å²) < 4.78 is 27.1. The molecule has 3 aliphatic carbocycles. The number of H-pyrrole nitrogens is 1. The highest BCUT2D eigenvalue weighted by Gasteiger charge is 2.69.